The quantitative estimate of drug-likeness (QED) is 0.893. The summed E-state index contributed by atoms with van der Waals surface area (Å²) < 4.78 is 0. The maximum Gasteiger partial charge on any atom is 0.129 e. The summed E-state index contributed by atoms with van der Waals surface area (Å²) in [7, 11) is 0. The molecule has 1 heterocycles. The summed E-state index contributed by atoms with van der Waals surface area (Å²) in [5.74, 6) is 1.01. The SMILES string of the molecule is CCN(Cc1ccccc1)c1cc(CN)cc(C)n1. The third-order valence-electron chi connectivity index (χ3n) is 3.16. The van der Waals surface area contributed by atoms with Gasteiger partial charge in [0.05, 0.1) is 0 Å². The molecule has 2 rings (SSSR count). The van der Waals surface area contributed by atoms with Crippen molar-refractivity contribution in [2.45, 2.75) is 26.9 Å². The molecule has 0 radical (unpaired) electrons. The van der Waals surface area contributed by atoms with E-state index in [1.807, 2.05) is 19.1 Å². The van der Waals surface area contributed by atoms with Crippen LogP contribution in [0.4, 0.5) is 5.82 Å². The lowest BCUT2D eigenvalue weighted by molar-refractivity contribution is 0.807. The van der Waals surface area contributed by atoms with Crippen LogP contribution in [0, 0.1) is 6.92 Å². The predicted octanol–water partition coefficient (Wildman–Crippen LogP) is 2.88. The van der Waals surface area contributed by atoms with Crippen LogP contribution in [0.5, 0.6) is 0 Å². The lowest BCUT2D eigenvalue weighted by atomic mass is 10.2. The number of nitrogens with zero attached hydrogens (tertiary/aromatic N) is 2. The fourth-order valence-electron chi connectivity index (χ4n) is 2.16. The van der Waals surface area contributed by atoms with Crippen LogP contribution in [-0.4, -0.2) is 11.5 Å². The Balaban J connectivity index is 2.24. The van der Waals surface area contributed by atoms with Gasteiger partial charge in [0.25, 0.3) is 0 Å². The van der Waals surface area contributed by atoms with E-state index in [1.54, 1.807) is 0 Å². The van der Waals surface area contributed by atoms with Crippen molar-refractivity contribution in [2.24, 2.45) is 5.73 Å². The molecule has 0 aliphatic rings. The monoisotopic (exact) mass is 255 g/mol. The first kappa shape index (κ1) is 13.6. The minimum atomic E-state index is 0.555. The van der Waals surface area contributed by atoms with E-state index < -0.39 is 0 Å². The molecule has 3 nitrogen and oxygen atoms in total. The number of benzene rings is 1. The molecule has 0 fully saturated rings. The molecule has 0 aliphatic carbocycles. The minimum Gasteiger partial charge on any atom is -0.353 e. The highest BCUT2D eigenvalue weighted by atomic mass is 15.2. The van der Waals surface area contributed by atoms with E-state index >= 15 is 0 Å². The van der Waals surface area contributed by atoms with Crippen molar-refractivity contribution in [1.29, 1.82) is 0 Å². The molecule has 0 atom stereocenters. The molecule has 2 aromatic rings. The van der Waals surface area contributed by atoms with Crippen molar-refractivity contribution in [3.05, 3.63) is 59.3 Å². The topological polar surface area (TPSA) is 42.1 Å². The maximum atomic E-state index is 5.74. The van der Waals surface area contributed by atoms with Crippen LogP contribution in [-0.2, 0) is 13.1 Å². The number of anilines is 1. The number of nitrogens with two attached hydrogens (primary N) is 1. The van der Waals surface area contributed by atoms with E-state index in [4.69, 9.17) is 5.73 Å². The second-order valence-electron chi connectivity index (χ2n) is 4.68. The molecule has 1 aromatic heterocycles. The van der Waals surface area contributed by atoms with Crippen LogP contribution < -0.4 is 10.6 Å². The molecule has 0 amide bonds. The highest BCUT2D eigenvalue weighted by Gasteiger charge is 2.08. The molecule has 100 valence electrons. The van der Waals surface area contributed by atoms with E-state index in [9.17, 15) is 0 Å². The maximum absolute atomic E-state index is 5.74. The Morgan fingerprint density at radius 2 is 1.84 bits per heavy atom. The van der Waals surface area contributed by atoms with Gasteiger partial charge in [0.2, 0.25) is 0 Å². The lowest BCUT2D eigenvalue weighted by Crippen LogP contribution is -2.23. The molecule has 0 saturated carbocycles. The fourth-order valence-corrected chi connectivity index (χ4v) is 2.16. The zero-order valence-electron chi connectivity index (χ0n) is 11.6. The minimum absolute atomic E-state index is 0.555. The average Bonchev–Trinajstić information content (AvgIpc) is 2.45. The van der Waals surface area contributed by atoms with E-state index in [2.05, 4.69) is 47.1 Å². The number of hydrogen-bond donors (Lipinski definition) is 1. The van der Waals surface area contributed by atoms with Gasteiger partial charge in [-0.1, -0.05) is 30.3 Å². The predicted molar refractivity (Wildman–Crippen MR) is 80.0 cm³/mol. The number of rotatable bonds is 5. The number of pyridine rings is 1. The van der Waals surface area contributed by atoms with E-state index in [1.165, 1.54) is 5.56 Å². The molecule has 3 heteroatoms. The van der Waals surface area contributed by atoms with Gasteiger partial charge in [0.1, 0.15) is 5.82 Å². The molecule has 0 unspecified atom stereocenters. The van der Waals surface area contributed by atoms with E-state index in [0.717, 1.165) is 30.2 Å². The largest absolute Gasteiger partial charge is 0.353 e. The van der Waals surface area contributed by atoms with Crippen LogP contribution in [0.25, 0.3) is 0 Å². The smallest absolute Gasteiger partial charge is 0.129 e. The van der Waals surface area contributed by atoms with Gasteiger partial charge >= 0.3 is 0 Å². The molecule has 0 aliphatic heterocycles. The van der Waals surface area contributed by atoms with Gasteiger partial charge in [-0.2, -0.15) is 0 Å². The first-order valence-electron chi connectivity index (χ1n) is 6.69. The summed E-state index contributed by atoms with van der Waals surface area (Å²) in [6, 6.07) is 14.6. The zero-order chi connectivity index (χ0) is 13.7. The van der Waals surface area contributed by atoms with Crippen molar-refractivity contribution in [3.63, 3.8) is 0 Å². The number of hydrogen-bond acceptors (Lipinski definition) is 3. The summed E-state index contributed by atoms with van der Waals surface area (Å²) in [5, 5.41) is 0. The van der Waals surface area contributed by atoms with Gasteiger partial charge in [-0.05, 0) is 37.1 Å². The molecular formula is C16H21N3. The van der Waals surface area contributed by atoms with Crippen LogP contribution in [0.1, 0.15) is 23.7 Å². The third-order valence-corrected chi connectivity index (χ3v) is 3.16. The second-order valence-corrected chi connectivity index (χ2v) is 4.68. The first-order valence-corrected chi connectivity index (χ1v) is 6.69. The number of aryl methyl sites for hydroxylation is 1. The Kier molecular flexibility index (Phi) is 4.53. The molecule has 0 spiro atoms. The van der Waals surface area contributed by atoms with Crippen molar-refractivity contribution in [1.82, 2.24) is 4.98 Å². The van der Waals surface area contributed by atoms with Gasteiger partial charge in [0, 0.05) is 25.3 Å². The van der Waals surface area contributed by atoms with Gasteiger partial charge in [-0.3, -0.25) is 0 Å². The summed E-state index contributed by atoms with van der Waals surface area (Å²) in [6.45, 7) is 6.51. The average molecular weight is 255 g/mol. The zero-order valence-corrected chi connectivity index (χ0v) is 11.6. The van der Waals surface area contributed by atoms with Gasteiger partial charge < -0.3 is 10.6 Å². The van der Waals surface area contributed by atoms with Crippen molar-refractivity contribution in [2.75, 3.05) is 11.4 Å². The molecule has 0 bridgehead atoms. The number of aromatic nitrogens is 1. The molecule has 19 heavy (non-hydrogen) atoms. The van der Waals surface area contributed by atoms with Crippen molar-refractivity contribution in [3.8, 4) is 0 Å². The Hall–Kier alpha value is -1.87. The Bertz CT molecular complexity index is 523. The second kappa shape index (κ2) is 6.34. The van der Waals surface area contributed by atoms with Crippen LogP contribution in [0.3, 0.4) is 0 Å². The molecule has 1 aromatic carbocycles. The molecular weight excluding hydrogens is 234 g/mol. The van der Waals surface area contributed by atoms with E-state index in [-0.39, 0.29) is 0 Å². The van der Waals surface area contributed by atoms with Gasteiger partial charge in [-0.25, -0.2) is 4.98 Å². The third kappa shape index (κ3) is 3.55. The summed E-state index contributed by atoms with van der Waals surface area (Å²) in [4.78, 5) is 6.88. The Labute approximate surface area is 115 Å². The van der Waals surface area contributed by atoms with Gasteiger partial charge in [-0.15, -0.1) is 0 Å². The lowest BCUT2D eigenvalue weighted by Gasteiger charge is -2.23. The molecule has 0 saturated heterocycles. The van der Waals surface area contributed by atoms with Crippen molar-refractivity contribution >= 4 is 5.82 Å². The normalized spacial score (nSPS) is 10.5. The summed E-state index contributed by atoms with van der Waals surface area (Å²) >= 11 is 0. The van der Waals surface area contributed by atoms with Gasteiger partial charge in [0.15, 0.2) is 0 Å². The standard InChI is InChI=1S/C16H21N3/c1-3-19(12-14-7-5-4-6-8-14)16-10-15(11-17)9-13(2)18-16/h4-10H,3,11-12,17H2,1-2H3. The van der Waals surface area contributed by atoms with Crippen LogP contribution in [0.2, 0.25) is 0 Å². The van der Waals surface area contributed by atoms with E-state index in [0.29, 0.717) is 6.54 Å². The summed E-state index contributed by atoms with van der Waals surface area (Å²) in [5.41, 5.74) is 9.18. The molecule has 2 N–H and O–H groups in total. The van der Waals surface area contributed by atoms with Crippen LogP contribution >= 0.6 is 0 Å². The Morgan fingerprint density at radius 1 is 1.11 bits per heavy atom. The first-order chi connectivity index (χ1) is 9.22. The highest BCUT2D eigenvalue weighted by molar-refractivity contribution is 5.43. The highest BCUT2D eigenvalue weighted by Crippen LogP contribution is 2.17. The van der Waals surface area contributed by atoms with Crippen molar-refractivity contribution < 1.29 is 0 Å². The Morgan fingerprint density at radius 3 is 2.47 bits per heavy atom. The summed E-state index contributed by atoms with van der Waals surface area (Å²) in [6.07, 6.45) is 0. The fraction of sp³-hybridized carbons (Fsp3) is 0.312. The van der Waals surface area contributed by atoms with Crippen LogP contribution in [0.15, 0.2) is 42.5 Å².